The summed E-state index contributed by atoms with van der Waals surface area (Å²) >= 11 is 0. The van der Waals surface area contributed by atoms with Gasteiger partial charge in [-0.3, -0.25) is 5.41 Å². The third-order valence-electron chi connectivity index (χ3n) is 2.14. The Morgan fingerprint density at radius 1 is 1.00 bits per heavy atom. The first-order chi connectivity index (χ1) is 9.34. The molecule has 0 heterocycles. The molecule has 0 amide bonds. The van der Waals surface area contributed by atoms with Crippen LogP contribution < -0.4 is 10.5 Å². The van der Waals surface area contributed by atoms with E-state index in [1.54, 1.807) is 0 Å². The van der Waals surface area contributed by atoms with Crippen LogP contribution >= 0.6 is 0 Å². The summed E-state index contributed by atoms with van der Waals surface area (Å²) < 4.78 is 104. The highest BCUT2D eigenvalue weighted by molar-refractivity contribution is 5.95. The average Bonchev–Trinajstić information content (AvgIpc) is 2.23. The fourth-order valence-electron chi connectivity index (χ4n) is 1.27. The molecule has 11 heteroatoms. The highest BCUT2D eigenvalue weighted by Crippen LogP contribution is 2.38. The van der Waals surface area contributed by atoms with Crippen molar-refractivity contribution in [3.8, 4) is 5.75 Å². The SMILES string of the molecule is N=C(N)c1cc(F)c(OC(C(F)(F)F)C(F)(F)F)c(F)c1. The lowest BCUT2D eigenvalue weighted by Crippen LogP contribution is -2.46. The van der Waals surface area contributed by atoms with Crippen molar-refractivity contribution in [1.82, 2.24) is 0 Å². The molecule has 21 heavy (non-hydrogen) atoms. The van der Waals surface area contributed by atoms with E-state index in [0.29, 0.717) is 0 Å². The second-order valence-electron chi connectivity index (χ2n) is 3.76. The Kier molecular flexibility index (Phi) is 4.34. The number of nitrogens with two attached hydrogens (primary N) is 1. The summed E-state index contributed by atoms with van der Waals surface area (Å²) in [6.07, 6.45) is -16.2. The molecule has 3 nitrogen and oxygen atoms in total. The van der Waals surface area contributed by atoms with Crippen LogP contribution in [0.4, 0.5) is 35.1 Å². The smallest absolute Gasteiger partial charge is 0.434 e. The maximum atomic E-state index is 13.4. The lowest BCUT2D eigenvalue weighted by molar-refractivity contribution is -0.300. The molecule has 1 aromatic carbocycles. The second-order valence-corrected chi connectivity index (χ2v) is 3.76. The van der Waals surface area contributed by atoms with Gasteiger partial charge < -0.3 is 10.5 Å². The zero-order chi connectivity index (χ0) is 16.6. The zero-order valence-corrected chi connectivity index (χ0v) is 9.74. The molecular formula is C10H6F8N2O. The van der Waals surface area contributed by atoms with Gasteiger partial charge >= 0.3 is 12.4 Å². The van der Waals surface area contributed by atoms with Crippen LogP contribution in [0.1, 0.15) is 5.56 Å². The lowest BCUT2D eigenvalue weighted by Gasteiger charge is -2.24. The number of ether oxygens (including phenoxy) is 1. The fourth-order valence-corrected chi connectivity index (χ4v) is 1.27. The van der Waals surface area contributed by atoms with Crippen LogP contribution in [0.5, 0.6) is 5.75 Å². The third kappa shape index (κ3) is 3.95. The summed E-state index contributed by atoms with van der Waals surface area (Å²) in [4.78, 5) is 0. The van der Waals surface area contributed by atoms with Crippen molar-refractivity contribution in [2.75, 3.05) is 0 Å². The van der Waals surface area contributed by atoms with E-state index in [-0.39, 0.29) is 12.1 Å². The Bertz CT molecular complexity index is 514. The molecule has 0 saturated carbocycles. The Labute approximate surface area is 111 Å². The summed E-state index contributed by atoms with van der Waals surface area (Å²) in [6.45, 7) is 0. The minimum atomic E-state index is -5.92. The molecule has 0 atom stereocenters. The maximum absolute atomic E-state index is 13.4. The molecular weight excluding hydrogens is 316 g/mol. The quantitative estimate of drug-likeness (QED) is 0.510. The largest absolute Gasteiger partial charge is 0.465 e. The van der Waals surface area contributed by atoms with E-state index in [4.69, 9.17) is 11.1 Å². The van der Waals surface area contributed by atoms with Crippen molar-refractivity contribution >= 4 is 5.84 Å². The molecule has 0 aliphatic rings. The molecule has 1 rings (SSSR count). The summed E-state index contributed by atoms with van der Waals surface area (Å²) in [5, 5.41) is 6.88. The van der Waals surface area contributed by atoms with E-state index in [1.165, 1.54) is 0 Å². The Hall–Kier alpha value is -2.07. The van der Waals surface area contributed by atoms with Crippen LogP contribution in [0.15, 0.2) is 12.1 Å². The lowest BCUT2D eigenvalue weighted by atomic mass is 10.2. The standard InChI is InChI=1S/C10H6F8N2O/c11-4-1-3(7(19)20)2-5(12)6(4)21-8(9(13,14)15)10(16,17)18/h1-2,8H,(H3,19,20). The molecule has 0 aliphatic heterocycles. The summed E-state index contributed by atoms with van der Waals surface area (Å²) in [5.74, 6) is -6.39. The molecule has 0 radical (unpaired) electrons. The van der Waals surface area contributed by atoms with Crippen LogP contribution in [0.25, 0.3) is 0 Å². The Morgan fingerprint density at radius 3 is 1.67 bits per heavy atom. The number of nitrogens with one attached hydrogen (secondary N) is 1. The van der Waals surface area contributed by atoms with Crippen molar-refractivity contribution in [3.05, 3.63) is 29.3 Å². The van der Waals surface area contributed by atoms with Gasteiger partial charge in [0.05, 0.1) is 0 Å². The first-order valence-corrected chi connectivity index (χ1v) is 4.97. The number of halogens is 8. The first-order valence-electron chi connectivity index (χ1n) is 4.97. The minimum Gasteiger partial charge on any atom is -0.465 e. The number of hydrogen-bond acceptors (Lipinski definition) is 2. The van der Waals surface area contributed by atoms with Gasteiger partial charge in [-0.15, -0.1) is 0 Å². The van der Waals surface area contributed by atoms with Crippen LogP contribution in [-0.4, -0.2) is 24.3 Å². The monoisotopic (exact) mass is 322 g/mol. The van der Waals surface area contributed by atoms with Gasteiger partial charge in [-0.1, -0.05) is 0 Å². The van der Waals surface area contributed by atoms with Gasteiger partial charge in [-0.05, 0) is 12.1 Å². The van der Waals surface area contributed by atoms with Crippen molar-refractivity contribution in [2.24, 2.45) is 5.73 Å². The van der Waals surface area contributed by atoms with E-state index in [2.05, 4.69) is 4.74 Å². The van der Waals surface area contributed by atoms with Gasteiger partial charge in [0, 0.05) is 5.56 Å². The highest BCUT2D eigenvalue weighted by Gasteiger charge is 2.59. The zero-order valence-electron chi connectivity index (χ0n) is 9.74. The molecule has 0 spiro atoms. The van der Waals surface area contributed by atoms with Crippen molar-refractivity contribution in [1.29, 1.82) is 5.41 Å². The van der Waals surface area contributed by atoms with Crippen LogP contribution in [0.2, 0.25) is 0 Å². The number of alkyl halides is 6. The third-order valence-corrected chi connectivity index (χ3v) is 2.14. The number of amidine groups is 1. The highest BCUT2D eigenvalue weighted by atomic mass is 19.4. The van der Waals surface area contributed by atoms with E-state index < -0.39 is 47.2 Å². The van der Waals surface area contributed by atoms with Crippen LogP contribution in [0, 0.1) is 17.0 Å². The van der Waals surface area contributed by atoms with E-state index in [0.717, 1.165) is 0 Å². The normalized spacial score (nSPS) is 12.6. The first kappa shape index (κ1) is 17.0. The van der Waals surface area contributed by atoms with Gasteiger partial charge in [-0.2, -0.15) is 26.3 Å². The van der Waals surface area contributed by atoms with Crippen molar-refractivity contribution in [3.63, 3.8) is 0 Å². The molecule has 118 valence electrons. The number of hydrogen-bond donors (Lipinski definition) is 2. The summed E-state index contributed by atoms with van der Waals surface area (Å²) in [5.41, 5.74) is 4.33. The molecule has 0 saturated heterocycles. The van der Waals surface area contributed by atoms with Crippen molar-refractivity contribution < 1.29 is 39.9 Å². The van der Waals surface area contributed by atoms with E-state index in [1.807, 2.05) is 0 Å². The predicted octanol–water partition coefficient (Wildman–Crippen LogP) is 3.12. The number of nitrogen functional groups attached to an aromatic ring is 1. The Balaban J connectivity index is 3.26. The van der Waals surface area contributed by atoms with Crippen LogP contribution in [-0.2, 0) is 0 Å². The topological polar surface area (TPSA) is 59.1 Å². The van der Waals surface area contributed by atoms with Gasteiger partial charge in [0.15, 0.2) is 17.4 Å². The Morgan fingerprint density at radius 2 is 1.38 bits per heavy atom. The average molecular weight is 322 g/mol. The summed E-state index contributed by atoms with van der Waals surface area (Å²) in [6, 6.07) is 0.565. The second kappa shape index (κ2) is 5.37. The molecule has 0 unspecified atom stereocenters. The molecule has 3 N–H and O–H groups in total. The fraction of sp³-hybridized carbons (Fsp3) is 0.300. The van der Waals surface area contributed by atoms with Crippen molar-refractivity contribution in [2.45, 2.75) is 18.5 Å². The van der Waals surface area contributed by atoms with Crippen LogP contribution in [0.3, 0.4) is 0 Å². The molecule has 0 aliphatic carbocycles. The molecule has 0 fully saturated rings. The predicted molar refractivity (Wildman–Crippen MR) is 53.9 cm³/mol. The number of benzene rings is 1. The minimum absolute atomic E-state index is 0.282. The summed E-state index contributed by atoms with van der Waals surface area (Å²) in [7, 11) is 0. The molecule has 0 bridgehead atoms. The molecule has 1 aromatic rings. The number of rotatable bonds is 3. The van der Waals surface area contributed by atoms with Gasteiger partial charge in [0.25, 0.3) is 6.10 Å². The maximum Gasteiger partial charge on any atom is 0.434 e. The molecule has 0 aromatic heterocycles. The van der Waals surface area contributed by atoms with Gasteiger partial charge in [0.2, 0.25) is 0 Å². The van der Waals surface area contributed by atoms with Gasteiger partial charge in [-0.25, -0.2) is 8.78 Å². The van der Waals surface area contributed by atoms with Gasteiger partial charge in [0.1, 0.15) is 5.84 Å². The van der Waals surface area contributed by atoms with E-state index in [9.17, 15) is 35.1 Å². The van der Waals surface area contributed by atoms with E-state index >= 15 is 0 Å².